The summed E-state index contributed by atoms with van der Waals surface area (Å²) in [5, 5.41) is 0. The summed E-state index contributed by atoms with van der Waals surface area (Å²) in [6.45, 7) is 10.3. The summed E-state index contributed by atoms with van der Waals surface area (Å²) in [7, 11) is 0. The third-order valence-electron chi connectivity index (χ3n) is 6.30. The summed E-state index contributed by atoms with van der Waals surface area (Å²) in [5.74, 6) is 0. The van der Waals surface area contributed by atoms with Gasteiger partial charge < -0.3 is 4.57 Å². The largest absolute Gasteiger partial charge is 0.351 e. The van der Waals surface area contributed by atoms with Crippen LogP contribution in [0.25, 0.3) is 0 Å². The molecule has 0 aromatic carbocycles. The maximum Gasteiger partial charge on any atom is 0.0222 e. The van der Waals surface area contributed by atoms with E-state index >= 15 is 0 Å². The van der Waals surface area contributed by atoms with E-state index < -0.39 is 0 Å². The second-order valence-corrected chi connectivity index (χ2v) is 8.73. The number of rotatable bonds is 18. The molecule has 1 aromatic rings. The molecular formula is C26H49N. The van der Waals surface area contributed by atoms with Crippen LogP contribution in [0.5, 0.6) is 0 Å². The van der Waals surface area contributed by atoms with Crippen molar-refractivity contribution in [3.05, 3.63) is 23.0 Å². The minimum atomic E-state index is 1.17. The Labute approximate surface area is 171 Å². The molecular weight excluding hydrogens is 326 g/mol. The van der Waals surface area contributed by atoms with Gasteiger partial charge in [-0.1, -0.05) is 110 Å². The lowest BCUT2D eigenvalue weighted by molar-refractivity contribution is 0.519. The first kappa shape index (κ1) is 24.3. The summed E-state index contributed by atoms with van der Waals surface area (Å²) in [6.07, 6.45) is 26.6. The fourth-order valence-electron chi connectivity index (χ4n) is 4.46. The van der Waals surface area contributed by atoms with Crippen molar-refractivity contribution in [2.75, 3.05) is 0 Å². The highest BCUT2D eigenvalue weighted by molar-refractivity contribution is 5.30. The number of aryl methyl sites for hydroxylation is 2. The second-order valence-electron chi connectivity index (χ2n) is 8.73. The van der Waals surface area contributed by atoms with Gasteiger partial charge in [0.1, 0.15) is 0 Å². The topological polar surface area (TPSA) is 4.93 Å². The zero-order valence-corrected chi connectivity index (χ0v) is 19.3. The summed E-state index contributed by atoms with van der Waals surface area (Å²) >= 11 is 0. The van der Waals surface area contributed by atoms with Crippen molar-refractivity contribution in [3.63, 3.8) is 0 Å². The predicted molar refractivity (Wildman–Crippen MR) is 123 cm³/mol. The molecule has 1 aromatic heterocycles. The minimum Gasteiger partial charge on any atom is -0.351 e. The quantitative estimate of drug-likeness (QED) is 0.226. The van der Waals surface area contributed by atoms with E-state index in [1.54, 1.807) is 5.56 Å². The zero-order valence-electron chi connectivity index (χ0n) is 19.3. The molecule has 0 bridgehead atoms. The average molecular weight is 376 g/mol. The van der Waals surface area contributed by atoms with Crippen LogP contribution in [0.15, 0.2) is 6.20 Å². The lowest BCUT2D eigenvalue weighted by atomic mass is 10.0. The third-order valence-corrected chi connectivity index (χ3v) is 6.30. The minimum absolute atomic E-state index is 1.17. The first-order valence-corrected chi connectivity index (χ1v) is 12.4. The van der Waals surface area contributed by atoms with E-state index in [0.717, 1.165) is 0 Å². The molecule has 0 atom stereocenters. The number of aromatic nitrogens is 1. The fourth-order valence-corrected chi connectivity index (χ4v) is 4.46. The molecule has 0 unspecified atom stereocenters. The van der Waals surface area contributed by atoms with Gasteiger partial charge in [-0.3, -0.25) is 0 Å². The lowest BCUT2D eigenvalue weighted by Crippen LogP contribution is -1.99. The molecule has 0 aliphatic carbocycles. The Balaban J connectivity index is 1.84. The number of hydrogen-bond acceptors (Lipinski definition) is 0. The Hall–Kier alpha value is -0.720. The highest BCUT2D eigenvalue weighted by Gasteiger charge is 2.06. The first-order valence-electron chi connectivity index (χ1n) is 12.4. The monoisotopic (exact) mass is 375 g/mol. The van der Waals surface area contributed by atoms with Crippen molar-refractivity contribution < 1.29 is 0 Å². The van der Waals surface area contributed by atoms with Gasteiger partial charge in [0.25, 0.3) is 0 Å². The molecule has 158 valence electrons. The van der Waals surface area contributed by atoms with E-state index in [0.29, 0.717) is 0 Å². The van der Waals surface area contributed by atoms with Crippen molar-refractivity contribution >= 4 is 0 Å². The number of hydrogen-bond donors (Lipinski definition) is 0. The van der Waals surface area contributed by atoms with Crippen molar-refractivity contribution in [1.29, 1.82) is 0 Å². The van der Waals surface area contributed by atoms with E-state index in [4.69, 9.17) is 0 Å². The lowest BCUT2D eigenvalue weighted by Gasteiger charge is -2.07. The normalized spacial score (nSPS) is 11.4. The molecule has 0 aliphatic heterocycles. The van der Waals surface area contributed by atoms with Gasteiger partial charge in [-0.05, 0) is 37.8 Å². The van der Waals surface area contributed by atoms with Crippen molar-refractivity contribution in [2.45, 2.75) is 143 Å². The first-order chi connectivity index (χ1) is 13.2. The molecule has 1 heterocycles. The Kier molecular flexibility index (Phi) is 14.6. The van der Waals surface area contributed by atoms with Crippen LogP contribution in [-0.2, 0) is 13.0 Å². The Morgan fingerprint density at radius 1 is 0.593 bits per heavy atom. The van der Waals surface area contributed by atoms with Gasteiger partial charge in [0, 0.05) is 18.4 Å². The van der Waals surface area contributed by atoms with E-state index in [1.807, 2.05) is 0 Å². The van der Waals surface area contributed by atoms with Gasteiger partial charge in [-0.25, -0.2) is 0 Å². The predicted octanol–water partition coefficient (Wildman–Crippen LogP) is 8.93. The average Bonchev–Trinajstić information content (AvgIpc) is 2.94. The van der Waals surface area contributed by atoms with Crippen LogP contribution in [0, 0.1) is 13.8 Å². The van der Waals surface area contributed by atoms with Crippen LogP contribution < -0.4 is 0 Å². The summed E-state index contributed by atoms with van der Waals surface area (Å²) in [5.41, 5.74) is 4.54. The van der Waals surface area contributed by atoms with E-state index in [1.165, 1.54) is 127 Å². The molecule has 1 nitrogen and oxygen atoms in total. The van der Waals surface area contributed by atoms with E-state index in [2.05, 4.69) is 38.5 Å². The Morgan fingerprint density at radius 3 is 1.37 bits per heavy atom. The fraction of sp³-hybridized carbons (Fsp3) is 0.846. The van der Waals surface area contributed by atoms with Gasteiger partial charge in [0.15, 0.2) is 0 Å². The van der Waals surface area contributed by atoms with Crippen LogP contribution in [0.3, 0.4) is 0 Å². The Morgan fingerprint density at radius 2 is 1.00 bits per heavy atom. The van der Waals surface area contributed by atoms with Gasteiger partial charge in [0.05, 0.1) is 0 Å². The Bertz CT molecular complexity index is 457. The highest BCUT2D eigenvalue weighted by Crippen LogP contribution is 2.18. The van der Waals surface area contributed by atoms with E-state index in [-0.39, 0.29) is 0 Å². The van der Waals surface area contributed by atoms with Crippen LogP contribution in [0.2, 0.25) is 0 Å². The van der Waals surface area contributed by atoms with Crippen molar-refractivity contribution in [1.82, 2.24) is 4.57 Å². The summed E-state index contributed by atoms with van der Waals surface area (Å²) in [4.78, 5) is 0. The van der Waals surface area contributed by atoms with Gasteiger partial charge in [0.2, 0.25) is 0 Å². The maximum atomic E-state index is 2.48. The van der Waals surface area contributed by atoms with Crippen molar-refractivity contribution in [3.8, 4) is 0 Å². The molecule has 0 saturated carbocycles. The van der Waals surface area contributed by atoms with Gasteiger partial charge >= 0.3 is 0 Å². The maximum absolute atomic E-state index is 2.48. The SMILES string of the molecule is CCCCCCCCCCCCCCCCCCn1cc(C)c(CC)c1C. The van der Waals surface area contributed by atoms with E-state index in [9.17, 15) is 0 Å². The molecule has 0 spiro atoms. The molecule has 27 heavy (non-hydrogen) atoms. The zero-order chi connectivity index (χ0) is 19.7. The summed E-state index contributed by atoms with van der Waals surface area (Å²) < 4.78 is 2.48. The molecule has 0 saturated heterocycles. The van der Waals surface area contributed by atoms with Gasteiger partial charge in [-0.2, -0.15) is 0 Å². The van der Waals surface area contributed by atoms with Crippen molar-refractivity contribution in [2.24, 2.45) is 0 Å². The molecule has 0 aliphatic rings. The standard InChI is InChI=1S/C26H49N/c1-5-7-8-9-10-11-12-13-14-15-16-17-18-19-20-21-22-27-23-24(3)26(6-2)25(27)4/h23H,5-22H2,1-4H3. The second kappa shape index (κ2) is 16.3. The molecule has 0 amide bonds. The molecule has 0 radical (unpaired) electrons. The molecule has 0 fully saturated rings. The highest BCUT2D eigenvalue weighted by atomic mass is 15.0. The number of nitrogens with zero attached hydrogens (tertiary/aromatic N) is 1. The van der Waals surface area contributed by atoms with Gasteiger partial charge in [-0.15, -0.1) is 0 Å². The number of unbranched alkanes of at least 4 members (excludes halogenated alkanes) is 15. The molecule has 1 rings (SSSR count). The molecule has 0 N–H and O–H groups in total. The van der Waals surface area contributed by atoms with Crippen LogP contribution in [-0.4, -0.2) is 4.57 Å². The van der Waals surface area contributed by atoms with Crippen LogP contribution in [0.1, 0.15) is 133 Å². The van der Waals surface area contributed by atoms with Crippen LogP contribution >= 0.6 is 0 Å². The summed E-state index contributed by atoms with van der Waals surface area (Å²) in [6, 6.07) is 0. The van der Waals surface area contributed by atoms with Crippen LogP contribution in [0.4, 0.5) is 0 Å². The molecule has 1 heteroatoms. The smallest absolute Gasteiger partial charge is 0.0222 e. The third kappa shape index (κ3) is 11.0.